The van der Waals surface area contributed by atoms with Crippen LogP contribution < -0.4 is 9.62 Å². The second kappa shape index (κ2) is 10.7. The van der Waals surface area contributed by atoms with E-state index >= 15 is 0 Å². The Kier molecular flexibility index (Phi) is 7.29. The minimum absolute atomic E-state index is 0.111. The summed E-state index contributed by atoms with van der Waals surface area (Å²) in [7, 11) is -4.07. The summed E-state index contributed by atoms with van der Waals surface area (Å²) in [6.45, 7) is 2.67. The SMILES string of the molecule is CC1(C(=O)O)CCN(c2cccc(S(=O)(=O)Nc3ccc(Cl)c(-c4ccccc4-c4ccccc4)n3)n2)CC1. The highest BCUT2D eigenvalue weighted by molar-refractivity contribution is 7.92. The van der Waals surface area contributed by atoms with Crippen molar-refractivity contribution in [1.29, 1.82) is 0 Å². The smallest absolute Gasteiger partial charge is 0.309 e. The van der Waals surface area contributed by atoms with Crippen LogP contribution in [0.1, 0.15) is 19.8 Å². The normalized spacial score (nSPS) is 15.1. The first-order valence-corrected chi connectivity index (χ1v) is 14.3. The van der Waals surface area contributed by atoms with E-state index in [9.17, 15) is 18.3 Å². The van der Waals surface area contributed by atoms with E-state index in [1.807, 2.05) is 59.5 Å². The van der Waals surface area contributed by atoms with Crippen LogP contribution in [0.5, 0.6) is 0 Å². The summed E-state index contributed by atoms with van der Waals surface area (Å²) in [6.07, 6.45) is 0.891. The Balaban J connectivity index is 1.41. The van der Waals surface area contributed by atoms with Gasteiger partial charge in [0, 0.05) is 18.7 Å². The fourth-order valence-corrected chi connectivity index (χ4v) is 5.78. The summed E-state index contributed by atoms with van der Waals surface area (Å²) in [5.41, 5.74) is 2.33. The predicted molar refractivity (Wildman–Crippen MR) is 152 cm³/mol. The zero-order valence-corrected chi connectivity index (χ0v) is 22.8. The molecule has 1 fully saturated rings. The van der Waals surface area contributed by atoms with Gasteiger partial charge < -0.3 is 10.0 Å². The van der Waals surface area contributed by atoms with Crippen molar-refractivity contribution in [1.82, 2.24) is 9.97 Å². The van der Waals surface area contributed by atoms with Crippen molar-refractivity contribution in [3.05, 3.63) is 90.0 Å². The quantitative estimate of drug-likeness (QED) is 0.286. The lowest BCUT2D eigenvalue weighted by Crippen LogP contribution is -2.43. The van der Waals surface area contributed by atoms with Gasteiger partial charge in [0.1, 0.15) is 11.6 Å². The molecular weight excluding hydrogens is 536 g/mol. The number of sulfonamides is 1. The number of hydrogen-bond acceptors (Lipinski definition) is 6. The third-order valence-electron chi connectivity index (χ3n) is 7.04. The summed E-state index contributed by atoms with van der Waals surface area (Å²) in [4.78, 5) is 22.4. The summed E-state index contributed by atoms with van der Waals surface area (Å²) in [6, 6.07) is 25.4. The Morgan fingerprint density at radius 1 is 0.897 bits per heavy atom. The molecule has 39 heavy (non-hydrogen) atoms. The third kappa shape index (κ3) is 5.60. The number of nitrogens with one attached hydrogen (secondary N) is 1. The van der Waals surface area contributed by atoms with Crippen molar-refractivity contribution in [2.45, 2.75) is 24.8 Å². The van der Waals surface area contributed by atoms with Crippen LogP contribution in [0.15, 0.2) is 90.0 Å². The van der Waals surface area contributed by atoms with Crippen molar-refractivity contribution < 1.29 is 18.3 Å². The second-order valence-corrected chi connectivity index (χ2v) is 11.8. The Hall–Kier alpha value is -3.95. The van der Waals surface area contributed by atoms with Crippen LogP contribution in [0.25, 0.3) is 22.4 Å². The number of halogens is 1. The van der Waals surface area contributed by atoms with Crippen LogP contribution in [0.4, 0.5) is 11.6 Å². The number of carbonyl (C=O) groups is 1. The number of pyridine rings is 2. The fraction of sp³-hybridized carbons (Fsp3) is 0.207. The van der Waals surface area contributed by atoms with Gasteiger partial charge >= 0.3 is 5.97 Å². The molecule has 2 aromatic heterocycles. The summed E-state index contributed by atoms with van der Waals surface area (Å²) < 4.78 is 29.1. The lowest BCUT2D eigenvalue weighted by molar-refractivity contribution is -0.149. The molecule has 3 heterocycles. The molecule has 0 saturated carbocycles. The second-order valence-electron chi connectivity index (χ2n) is 9.73. The van der Waals surface area contributed by atoms with E-state index in [1.54, 1.807) is 25.1 Å². The summed E-state index contributed by atoms with van der Waals surface area (Å²) >= 11 is 6.53. The number of carboxylic acid groups (broad SMARTS) is 1. The van der Waals surface area contributed by atoms with Gasteiger partial charge in [0.25, 0.3) is 10.0 Å². The maximum Gasteiger partial charge on any atom is 0.309 e. The number of piperidine rings is 1. The number of nitrogens with zero attached hydrogens (tertiary/aromatic N) is 3. The zero-order chi connectivity index (χ0) is 27.6. The molecule has 0 atom stereocenters. The Labute approximate surface area is 232 Å². The van der Waals surface area contributed by atoms with Crippen LogP contribution in [0, 0.1) is 5.41 Å². The number of hydrogen-bond donors (Lipinski definition) is 2. The predicted octanol–water partition coefficient (Wildman–Crippen LogP) is 5.96. The highest BCUT2D eigenvalue weighted by atomic mass is 35.5. The van der Waals surface area contributed by atoms with Crippen molar-refractivity contribution in [2.75, 3.05) is 22.7 Å². The molecule has 1 aliphatic heterocycles. The van der Waals surface area contributed by atoms with Crippen molar-refractivity contribution in [3.63, 3.8) is 0 Å². The molecule has 5 rings (SSSR count). The number of anilines is 2. The molecule has 8 nitrogen and oxygen atoms in total. The summed E-state index contributed by atoms with van der Waals surface area (Å²) in [5, 5.41) is 9.72. The lowest BCUT2D eigenvalue weighted by atomic mass is 9.80. The highest BCUT2D eigenvalue weighted by Gasteiger charge is 2.37. The van der Waals surface area contributed by atoms with Gasteiger partial charge in [-0.2, -0.15) is 8.42 Å². The number of carboxylic acids is 1. The number of benzene rings is 2. The average molecular weight is 563 g/mol. The van der Waals surface area contributed by atoms with E-state index in [0.717, 1.165) is 16.7 Å². The van der Waals surface area contributed by atoms with Gasteiger partial charge in [-0.3, -0.25) is 9.52 Å². The molecule has 10 heteroatoms. The highest BCUT2D eigenvalue weighted by Crippen LogP contribution is 2.36. The van der Waals surface area contributed by atoms with Crippen molar-refractivity contribution in [3.8, 4) is 22.4 Å². The monoisotopic (exact) mass is 562 g/mol. The van der Waals surface area contributed by atoms with Gasteiger partial charge in [-0.05, 0) is 55.2 Å². The first-order valence-electron chi connectivity index (χ1n) is 12.5. The largest absolute Gasteiger partial charge is 0.481 e. The van der Waals surface area contributed by atoms with Crippen LogP contribution in [-0.4, -0.2) is 42.6 Å². The Bertz CT molecular complexity index is 1620. The van der Waals surface area contributed by atoms with E-state index in [0.29, 0.717) is 42.5 Å². The molecule has 0 aliphatic carbocycles. The number of aliphatic carboxylic acids is 1. The lowest BCUT2D eigenvalue weighted by Gasteiger charge is -2.37. The molecule has 0 spiro atoms. The van der Waals surface area contributed by atoms with Gasteiger partial charge in [0.15, 0.2) is 5.03 Å². The molecule has 4 aromatic rings. The number of aromatic nitrogens is 2. The minimum atomic E-state index is -4.07. The maximum absolute atomic E-state index is 13.3. The standard InChI is InChI=1S/C29H27ClN4O4S/c1-29(28(35)36)16-18-34(19-17-29)25-12-7-13-26(32-25)39(37,38)33-24-15-14-23(30)27(31-24)22-11-6-5-10-21(22)20-8-3-2-4-9-20/h2-15H,16-19H2,1H3,(H,31,33)(H,35,36). The van der Waals surface area contributed by atoms with Crippen LogP contribution in [0.2, 0.25) is 5.02 Å². The fourth-order valence-electron chi connectivity index (χ4n) is 4.61. The van der Waals surface area contributed by atoms with E-state index in [2.05, 4.69) is 14.7 Å². The molecule has 0 amide bonds. The van der Waals surface area contributed by atoms with Gasteiger partial charge in [-0.25, -0.2) is 9.97 Å². The number of rotatable bonds is 7. The molecule has 0 bridgehead atoms. The van der Waals surface area contributed by atoms with Crippen molar-refractivity contribution >= 4 is 39.2 Å². The average Bonchev–Trinajstić information content (AvgIpc) is 2.95. The van der Waals surface area contributed by atoms with E-state index < -0.39 is 21.4 Å². The first-order chi connectivity index (χ1) is 18.7. The first kappa shape index (κ1) is 26.6. The van der Waals surface area contributed by atoms with Crippen LogP contribution in [-0.2, 0) is 14.8 Å². The van der Waals surface area contributed by atoms with Gasteiger partial charge in [-0.15, -0.1) is 0 Å². The zero-order valence-electron chi connectivity index (χ0n) is 21.2. The van der Waals surface area contributed by atoms with Gasteiger partial charge in [0.2, 0.25) is 0 Å². The molecule has 2 N–H and O–H groups in total. The molecule has 1 aliphatic rings. The molecule has 200 valence electrons. The molecule has 1 saturated heterocycles. The Morgan fingerprint density at radius 3 is 2.26 bits per heavy atom. The maximum atomic E-state index is 13.3. The Morgan fingerprint density at radius 2 is 1.56 bits per heavy atom. The molecule has 2 aromatic carbocycles. The van der Waals surface area contributed by atoms with Crippen LogP contribution >= 0.6 is 11.6 Å². The van der Waals surface area contributed by atoms with E-state index in [-0.39, 0.29) is 10.8 Å². The minimum Gasteiger partial charge on any atom is -0.481 e. The molecular formula is C29H27ClN4O4S. The molecule has 0 radical (unpaired) electrons. The topological polar surface area (TPSA) is 112 Å². The van der Waals surface area contributed by atoms with E-state index in [1.165, 1.54) is 12.1 Å². The third-order valence-corrected chi connectivity index (χ3v) is 8.60. The van der Waals surface area contributed by atoms with E-state index in [4.69, 9.17) is 11.6 Å². The van der Waals surface area contributed by atoms with Gasteiger partial charge in [-0.1, -0.05) is 72.3 Å². The summed E-state index contributed by atoms with van der Waals surface area (Å²) in [5.74, 6) is -0.233. The van der Waals surface area contributed by atoms with Gasteiger partial charge in [0.05, 0.1) is 16.1 Å². The van der Waals surface area contributed by atoms with Crippen LogP contribution in [0.3, 0.4) is 0 Å². The molecule has 0 unspecified atom stereocenters. The van der Waals surface area contributed by atoms with Crippen molar-refractivity contribution in [2.24, 2.45) is 5.41 Å².